The highest BCUT2D eigenvalue weighted by Crippen LogP contribution is 2.45. The summed E-state index contributed by atoms with van der Waals surface area (Å²) < 4.78 is 6.32. The lowest BCUT2D eigenvalue weighted by atomic mass is 9.91. The summed E-state index contributed by atoms with van der Waals surface area (Å²) in [5.41, 5.74) is 2.11. The van der Waals surface area contributed by atoms with Crippen LogP contribution in [0.5, 0.6) is 11.5 Å². The van der Waals surface area contributed by atoms with Gasteiger partial charge in [-0.15, -0.1) is 23.1 Å². The molecule has 1 atom stereocenters. The molecule has 37 heavy (non-hydrogen) atoms. The minimum Gasteiger partial charge on any atom is -0.453 e. The first-order chi connectivity index (χ1) is 18.0. The third-order valence-electron chi connectivity index (χ3n) is 6.62. The Hall–Kier alpha value is -2.94. The first kappa shape index (κ1) is 25.7. The van der Waals surface area contributed by atoms with Crippen molar-refractivity contribution in [3.63, 3.8) is 0 Å². The lowest BCUT2D eigenvalue weighted by molar-refractivity contribution is 0.148. The second-order valence-electron chi connectivity index (χ2n) is 9.61. The van der Waals surface area contributed by atoms with Gasteiger partial charge in [-0.2, -0.15) is 0 Å². The number of thiazole rings is 1. The van der Waals surface area contributed by atoms with Crippen LogP contribution in [-0.4, -0.2) is 39.0 Å². The molecule has 8 heteroatoms. The number of aryl methyl sites for hydroxylation is 1. The van der Waals surface area contributed by atoms with Gasteiger partial charge in [-0.1, -0.05) is 24.3 Å². The number of rotatable bonds is 9. The number of nitrogens with zero attached hydrogens (tertiary/aromatic N) is 4. The van der Waals surface area contributed by atoms with E-state index in [1.54, 1.807) is 11.3 Å². The number of aromatic nitrogens is 3. The van der Waals surface area contributed by atoms with Crippen molar-refractivity contribution in [2.24, 2.45) is 5.92 Å². The molecule has 4 heterocycles. The number of likely N-dealkylation sites (tertiary alicyclic amines) is 1. The summed E-state index contributed by atoms with van der Waals surface area (Å²) >= 11 is 3.39. The summed E-state index contributed by atoms with van der Waals surface area (Å²) in [6.45, 7) is 8.81. The number of thioether (sulfide) groups is 1. The molecule has 1 aliphatic heterocycles. The third-order valence-corrected chi connectivity index (χ3v) is 8.87. The summed E-state index contributed by atoms with van der Waals surface area (Å²) in [5.74, 6) is 2.65. The lowest BCUT2D eigenvalue weighted by Gasteiger charge is -2.37. The maximum absolute atomic E-state index is 6.32. The zero-order valence-electron chi connectivity index (χ0n) is 21.5. The molecule has 0 bridgehead atoms. The second-order valence-corrected chi connectivity index (χ2v) is 11.7. The van der Waals surface area contributed by atoms with E-state index in [1.807, 2.05) is 72.9 Å². The van der Waals surface area contributed by atoms with Gasteiger partial charge in [-0.3, -0.25) is 4.98 Å². The normalized spacial score (nSPS) is 15.6. The van der Waals surface area contributed by atoms with Crippen LogP contribution in [0.25, 0.3) is 0 Å². The van der Waals surface area contributed by atoms with E-state index < -0.39 is 0 Å². The highest BCUT2D eigenvalue weighted by molar-refractivity contribution is 7.99. The monoisotopic (exact) mass is 531 g/mol. The maximum Gasteiger partial charge on any atom is 0.188 e. The first-order valence-electron chi connectivity index (χ1n) is 12.8. The highest BCUT2D eigenvalue weighted by Gasteiger charge is 2.30. The number of anilines is 2. The van der Waals surface area contributed by atoms with E-state index in [9.17, 15) is 0 Å². The lowest BCUT2D eigenvalue weighted by Crippen LogP contribution is -2.39. The molecule has 5 rings (SSSR count). The van der Waals surface area contributed by atoms with E-state index in [-0.39, 0.29) is 5.25 Å². The molecule has 1 unspecified atom stereocenters. The molecule has 1 N–H and O–H groups in total. The van der Waals surface area contributed by atoms with Crippen molar-refractivity contribution in [3.05, 3.63) is 83.8 Å². The predicted octanol–water partition coefficient (Wildman–Crippen LogP) is 7.73. The van der Waals surface area contributed by atoms with Crippen LogP contribution < -0.4 is 10.1 Å². The van der Waals surface area contributed by atoms with Crippen molar-refractivity contribution in [1.82, 2.24) is 19.9 Å². The molecule has 4 aromatic rings. The standard InChI is InChI=1S/C29H33N5OS2/c1-20(2)34-15-12-22(13-16-34)27(25-11-7-8-14-30-25)37-24-17-26(35-23-9-5-4-6-10-23)28(31-18-24)33-29-32-21(3)19-36-29/h4-11,14,17-20,22,27H,12-13,15-16H2,1-3H3,(H,31,32,33). The van der Waals surface area contributed by atoms with Crippen molar-refractivity contribution < 1.29 is 4.74 Å². The van der Waals surface area contributed by atoms with Crippen LogP contribution in [0, 0.1) is 12.8 Å². The van der Waals surface area contributed by atoms with Gasteiger partial charge in [0.25, 0.3) is 0 Å². The van der Waals surface area contributed by atoms with Gasteiger partial charge in [0.1, 0.15) is 5.75 Å². The van der Waals surface area contributed by atoms with Crippen LogP contribution in [0.15, 0.2) is 77.3 Å². The molecule has 1 saturated heterocycles. The zero-order valence-corrected chi connectivity index (χ0v) is 23.1. The summed E-state index contributed by atoms with van der Waals surface area (Å²) in [6, 6.07) is 18.7. The molecule has 0 radical (unpaired) electrons. The number of hydrogen-bond donors (Lipinski definition) is 1. The molecule has 0 aliphatic carbocycles. The summed E-state index contributed by atoms with van der Waals surface area (Å²) in [7, 11) is 0. The SMILES string of the molecule is Cc1csc(Nc2ncc(SC(c3ccccn3)C3CCN(C(C)C)CC3)cc2Oc2ccccc2)n1. The highest BCUT2D eigenvalue weighted by atomic mass is 32.2. The third kappa shape index (κ3) is 6.69. The van der Waals surface area contributed by atoms with Gasteiger partial charge in [-0.05, 0) is 83.0 Å². The van der Waals surface area contributed by atoms with Crippen molar-refractivity contribution in [2.75, 3.05) is 18.4 Å². The van der Waals surface area contributed by atoms with Gasteiger partial charge < -0.3 is 15.0 Å². The molecule has 1 aromatic carbocycles. The van der Waals surface area contributed by atoms with Crippen LogP contribution >= 0.6 is 23.1 Å². The van der Waals surface area contributed by atoms with Crippen molar-refractivity contribution in [1.29, 1.82) is 0 Å². The maximum atomic E-state index is 6.32. The molecule has 1 fully saturated rings. The van der Waals surface area contributed by atoms with E-state index >= 15 is 0 Å². The first-order valence-corrected chi connectivity index (χ1v) is 14.5. The van der Waals surface area contributed by atoms with E-state index in [2.05, 4.69) is 47.2 Å². The molecule has 3 aromatic heterocycles. The predicted molar refractivity (Wildman–Crippen MR) is 153 cm³/mol. The van der Waals surface area contributed by atoms with Crippen LogP contribution in [0.4, 0.5) is 10.9 Å². The van der Waals surface area contributed by atoms with Crippen LogP contribution in [0.1, 0.15) is 43.3 Å². The number of piperidine rings is 1. The van der Waals surface area contributed by atoms with Gasteiger partial charge in [0, 0.05) is 28.7 Å². The molecule has 192 valence electrons. The Bertz CT molecular complexity index is 1270. The van der Waals surface area contributed by atoms with Crippen LogP contribution in [0.3, 0.4) is 0 Å². The van der Waals surface area contributed by atoms with E-state index in [0.717, 1.165) is 53.1 Å². The van der Waals surface area contributed by atoms with E-state index in [4.69, 9.17) is 14.7 Å². The van der Waals surface area contributed by atoms with Crippen LogP contribution in [-0.2, 0) is 0 Å². The Morgan fingerprint density at radius 3 is 2.51 bits per heavy atom. The summed E-state index contributed by atoms with van der Waals surface area (Å²) in [6.07, 6.45) is 6.16. The number of nitrogens with one attached hydrogen (secondary N) is 1. The molecule has 0 amide bonds. The molecule has 6 nitrogen and oxygen atoms in total. The average Bonchev–Trinajstić information content (AvgIpc) is 3.34. The average molecular weight is 532 g/mol. The summed E-state index contributed by atoms with van der Waals surface area (Å²) in [4.78, 5) is 17.7. The number of benzene rings is 1. The Kier molecular flexibility index (Phi) is 8.38. The van der Waals surface area contributed by atoms with Crippen molar-refractivity contribution in [3.8, 4) is 11.5 Å². The second kappa shape index (κ2) is 12.1. The number of pyridine rings is 2. The van der Waals surface area contributed by atoms with Crippen molar-refractivity contribution >= 4 is 34.0 Å². The minimum absolute atomic E-state index is 0.252. The topological polar surface area (TPSA) is 63.2 Å². The fourth-order valence-electron chi connectivity index (χ4n) is 4.62. The number of para-hydroxylation sites is 1. The van der Waals surface area contributed by atoms with Gasteiger partial charge in [0.2, 0.25) is 0 Å². The van der Waals surface area contributed by atoms with Gasteiger partial charge in [0.15, 0.2) is 16.7 Å². The van der Waals surface area contributed by atoms with E-state index in [1.165, 1.54) is 0 Å². The Labute approximate surface area is 227 Å². The molecule has 1 aliphatic rings. The Balaban J connectivity index is 1.42. The molecular weight excluding hydrogens is 498 g/mol. The molecule has 0 spiro atoms. The molecular formula is C29H33N5OS2. The van der Waals surface area contributed by atoms with Gasteiger partial charge in [0.05, 0.1) is 16.6 Å². The fourth-order valence-corrected chi connectivity index (χ4v) is 6.61. The quantitative estimate of drug-likeness (QED) is 0.222. The number of ether oxygens (including phenoxy) is 1. The number of hydrogen-bond acceptors (Lipinski definition) is 8. The minimum atomic E-state index is 0.252. The zero-order chi connectivity index (χ0) is 25.6. The Morgan fingerprint density at radius 1 is 1.05 bits per heavy atom. The fraction of sp³-hybridized carbons (Fsp3) is 0.345. The van der Waals surface area contributed by atoms with Gasteiger partial charge in [-0.25, -0.2) is 9.97 Å². The molecule has 0 saturated carbocycles. The summed E-state index contributed by atoms with van der Waals surface area (Å²) in [5, 5.41) is 6.42. The smallest absolute Gasteiger partial charge is 0.188 e. The Morgan fingerprint density at radius 2 is 1.84 bits per heavy atom. The van der Waals surface area contributed by atoms with E-state index in [0.29, 0.717) is 23.5 Å². The van der Waals surface area contributed by atoms with Crippen LogP contribution in [0.2, 0.25) is 0 Å². The van der Waals surface area contributed by atoms with Crippen molar-refractivity contribution in [2.45, 2.75) is 49.8 Å². The largest absolute Gasteiger partial charge is 0.453 e. The van der Waals surface area contributed by atoms with Gasteiger partial charge >= 0.3 is 0 Å².